The first-order chi connectivity index (χ1) is 16.0. The Balaban J connectivity index is 1.50. The molecule has 0 unspecified atom stereocenters. The highest BCUT2D eigenvalue weighted by Gasteiger charge is 2.23. The lowest BCUT2D eigenvalue weighted by molar-refractivity contribution is 0.0599. The summed E-state index contributed by atoms with van der Waals surface area (Å²) in [6.45, 7) is 5.12. The van der Waals surface area contributed by atoms with Crippen LogP contribution >= 0.6 is 0 Å². The van der Waals surface area contributed by atoms with Gasteiger partial charge in [0.25, 0.3) is 0 Å². The van der Waals surface area contributed by atoms with Gasteiger partial charge in [-0.3, -0.25) is 4.98 Å². The van der Waals surface area contributed by atoms with E-state index in [2.05, 4.69) is 73.2 Å². The van der Waals surface area contributed by atoms with E-state index >= 15 is 0 Å². The van der Waals surface area contributed by atoms with Crippen LogP contribution in [0.15, 0.2) is 60.9 Å². The molecule has 0 radical (unpaired) electrons. The number of esters is 1. The van der Waals surface area contributed by atoms with E-state index in [-0.39, 0.29) is 5.97 Å². The summed E-state index contributed by atoms with van der Waals surface area (Å²) < 4.78 is 11.0. The molecule has 0 N–H and O–H groups in total. The van der Waals surface area contributed by atoms with E-state index in [0.29, 0.717) is 24.0 Å². The zero-order chi connectivity index (χ0) is 23.4. The van der Waals surface area contributed by atoms with Crippen LogP contribution in [0.1, 0.15) is 65.6 Å². The van der Waals surface area contributed by atoms with Crippen molar-refractivity contribution in [3.8, 4) is 5.75 Å². The fraction of sp³-hybridized carbons (Fsp3) is 0.357. The number of carbonyl (C=O) groups excluding carboxylic acids is 1. The SMILES string of the molecule is COC(=O)c1ccncc1CC[C@@H]1CCOc2cc(N(C)c3ccc(C(C)C)cc3)ccc21. The van der Waals surface area contributed by atoms with Crippen molar-refractivity contribution in [3.63, 3.8) is 0 Å². The molecule has 1 aliphatic rings. The maximum atomic E-state index is 12.1. The predicted octanol–water partition coefficient (Wildman–Crippen LogP) is 6.26. The van der Waals surface area contributed by atoms with Crippen LogP contribution in [0.5, 0.6) is 5.75 Å². The number of hydrogen-bond acceptors (Lipinski definition) is 5. The van der Waals surface area contributed by atoms with Crippen LogP contribution in [0, 0.1) is 0 Å². The Morgan fingerprint density at radius 2 is 1.91 bits per heavy atom. The molecule has 2 heterocycles. The van der Waals surface area contributed by atoms with Gasteiger partial charge in [-0.1, -0.05) is 32.0 Å². The maximum Gasteiger partial charge on any atom is 0.338 e. The lowest BCUT2D eigenvalue weighted by Crippen LogP contribution is -2.17. The third-order valence-electron chi connectivity index (χ3n) is 6.57. The van der Waals surface area contributed by atoms with Crippen LogP contribution in [-0.2, 0) is 11.2 Å². The third-order valence-corrected chi connectivity index (χ3v) is 6.57. The molecule has 5 heteroatoms. The maximum absolute atomic E-state index is 12.1. The Morgan fingerprint density at radius 1 is 1.15 bits per heavy atom. The molecule has 1 atom stereocenters. The summed E-state index contributed by atoms with van der Waals surface area (Å²) in [6, 6.07) is 17.0. The number of rotatable bonds is 7. The summed E-state index contributed by atoms with van der Waals surface area (Å²) in [5.74, 6) is 1.54. The van der Waals surface area contributed by atoms with Crippen molar-refractivity contribution < 1.29 is 14.3 Å². The van der Waals surface area contributed by atoms with Crippen molar-refractivity contribution in [3.05, 3.63) is 83.2 Å². The van der Waals surface area contributed by atoms with Gasteiger partial charge in [-0.25, -0.2) is 4.79 Å². The van der Waals surface area contributed by atoms with Crippen LogP contribution in [0.25, 0.3) is 0 Å². The molecule has 0 saturated carbocycles. The Kier molecular flexibility index (Phi) is 6.97. The fourth-order valence-electron chi connectivity index (χ4n) is 4.46. The van der Waals surface area contributed by atoms with Gasteiger partial charge in [0.15, 0.2) is 0 Å². The third kappa shape index (κ3) is 5.03. The lowest BCUT2D eigenvalue weighted by Gasteiger charge is -2.28. The van der Waals surface area contributed by atoms with Gasteiger partial charge >= 0.3 is 5.97 Å². The number of carbonyl (C=O) groups is 1. The molecule has 4 rings (SSSR count). The van der Waals surface area contributed by atoms with E-state index in [0.717, 1.165) is 42.0 Å². The number of fused-ring (bicyclic) bond motifs is 1. The molecule has 172 valence electrons. The number of ether oxygens (including phenoxy) is 2. The lowest BCUT2D eigenvalue weighted by atomic mass is 9.87. The van der Waals surface area contributed by atoms with Gasteiger partial charge in [0.1, 0.15) is 5.75 Å². The van der Waals surface area contributed by atoms with Gasteiger partial charge in [-0.2, -0.15) is 0 Å². The quantitative estimate of drug-likeness (QED) is 0.403. The zero-order valence-electron chi connectivity index (χ0n) is 19.9. The Hall–Kier alpha value is -3.34. The zero-order valence-corrected chi connectivity index (χ0v) is 19.9. The molecular formula is C28H32N2O3. The summed E-state index contributed by atoms with van der Waals surface area (Å²) in [7, 11) is 3.50. The van der Waals surface area contributed by atoms with E-state index < -0.39 is 0 Å². The second kappa shape index (κ2) is 10.1. The molecule has 5 nitrogen and oxygen atoms in total. The molecule has 0 saturated heterocycles. The summed E-state index contributed by atoms with van der Waals surface area (Å²) >= 11 is 0. The Bertz CT molecular complexity index is 1110. The first kappa shape index (κ1) is 22.8. The standard InChI is InChI=1S/C28H32N2O3/c1-19(2)20-7-9-23(10-8-20)30(3)24-11-12-25-21(14-16-33-27(25)17-24)5-6-22-18-29-15-13-26(22)28(31)32-4/h7-13,15,17-19,21H,5-6,14,16H2,1-4H3/t21-/m1/s1. The number of anilines is 2. The number of aryl methyl sites for hydroxylation is 1. The highest BCUT2D eigenvalue weighted by atomic mass is 16.5. The van der Waals surface area contributed by atoms with Crippen LogP contribution < -0.4 is 9.64 Å². The van der Waals surface area contributed by atoms with E-state index in [9.17, 15) is 4.79 Å². The average Bonchev–Trinajstić information content (AvgIpc) is 2.86. The molecule has 1 aromatic heterocycles. The van der Waals surface area contributed by atoms with Gasteiger partial charge in [0.2, 0.25) is 0 Å². The van der Waals surface area contributed by atoms with Crippen molar-refractivity contribution in [2.45, 2.75) is 44.9 Å². The molecule has 2 aromatic carbocycles. The molecule has 0 amide bonds. The van der Waals surface area contributed by atoms with Gasteiger partial charge < -0.3 is 14.4 Å². The minimum atomic E-state index is -0.311. The minimum absolute atomic E-state index is 0.311. The number of methoxy groups -OCH3 is 1. The minimum Gasteiger partial charge on any atom is -0.493 e. The number of aromatic nitrogens is 1. The molecule has 0 spiro atoms. The number of hydrogen-bond donors (Lipinski definition) is 0. The number of nitrogens with zero attached hydrogens (tertiary/aromatic N) is 2. The molecular weight excluding hydrogens is 412 g/mol. The summed E-state index contributed by atoms with van der Waals surface area (Å²) in [4.78, 5) is 18.5. The summed E-state index contributed by atoms with van der Waals surface area (Å²) in [5.41, 5.74) is 6.36. The molecule has 0 fully saturated rings. The van der Waals surface area contributed by atoms with Crippen molar-refractivity contribution in [2.24, 2.45) is 0 Å². The smallest absolute Gasteiger partial charge is 0.338 e. The van der Waals surface area contributed by atoms with E-state index in [4.69, 9.17) is 9.47 Å². The van der Waals surface area contributed by atoms with E-state index in [1.807, 2.05) is 0 Å². The second-order valence-corrected chi connectivity index (χ2v) is 8.92. The molecule has 3 aromatic rings. The van der Waals surface area contributed by atoms with E-state index in [1.54, 1.807) is 18.5 Å². The van der Waals surface area contributed by atoms with Crippen LogP contribution in [0.2, 0.25) is 0 Å². The topological polar surface area (TPSA) is 51.7 Å². The van der Waals surface area contributed by atoms with Gasteiger partial charge in [0, 0.05) is 36.9 Å². The molecule has 33 heavy (non-hydrogen) atoms. The van der Waals surface area contributed by atoms with Crippen molar-refractivity contribution in [1.82, 2.24) is 4.98 Å². The molecule has 0 aliphatic carbocycles. The van der Waals surface area contributed by atoms with Crippen molar-refractivity contribution in [1.29, 1.82) is 0 Å². The largest absolute Gasteiger partial charge is 0.493 e. The highest BCUT2D eigenvalue weighted by molar-refractivity contribution is 5.90. The predicted molar refractivity (Wildman–Crippen MR) is 132 cm³/mol. The van der Waals surface area contributed by atoms with Gasteiger partial charge in [-0.15, -0.1) is 0 Å². The van der Waals surface area contributed by atoms with Crippen LogP contribution in [0.3, 0.4) is 0 Å². The molecule has 0 bridgehead atoms. The highest BCUT2D eigenvalue weighted by Crippen LogP contribution is 2.40. The summed E-state index contributed by atoms with van der Waals surface area (Å²) in [6.07, 6.45) is 6.07. The molecule has 1 aliphatic heterocycles. The average molecular weight is 445 g/mol. The summed E-state index contributed by atoms with van der Waals surface area (Å²) in [5, 5.41) is 0. The van der Waals surface area contributed by atoms with Crippen LogP contribution in [0.4, 0.5) is 11.4 Å². The monoisotopic (exact) mass is 444 g/mol. The Morgan fingerprint density at radius 3 is 2.64 bits per heavy atom. The second-order valence-electron chi connectivity index (χ2n) is 8.92. The Labute approximate surface area is 196 Å². The van der Waals surface area contributed by atoms with Gasteiger partial charge in [0.05, 0.1) is 19.3 Å². The number of benzene rings is 2. The van der Waals surface area contributed by atoms with Gasteiger partial charge in [-0.05, 0) is 72.1 Å². The fourth-order valence-corrected chi connectivity index (χ4v) is 4.46. The number of pyridine rings is 1. The first-order valence-electron chi connectivity index (χ1n) is 11.6. The van der Waals surface area contributed by atoms with E-state index in [1.165, 1.54) is 18.2 Å². The van der Waals surface area contributed by atoms with Crippen molar-refractivity contribution in [2.75, 3.05) is 25.7 Å². The first-order valence-corrected chi connectivity index (χ1v) is 11.6. The normalized spacial score (nSPS) is 15.0. The van der Waals surface area contributed by atoms with Crippen molar-refractivity contribution >= 4 is 17.3 Å². The van der Waals surface area contributed by atoms with Crippen LogP contribution in [-0.4, -0.2) is 31.7 Å².